The van der Waals surface area contributed by atoms with Gasteiger partial charge in [0.1, 0.15) is 5.82 Å². The molecule has 1 N–H and O–H groups in total. The van der Waals surface area contributed by atoms with Gasteiger partial charge in [-0.15, -0.1) is 0 Å². The minimum Gasteiger partial charge on any atom is -0.385 e. The molecule has 0 bridgehead atoms. The summed E-state index contributed by atoms with van der Waals surface area (Å²) in [6, 6.07) is 0. The molecule has 0 aliphatic heterocycles. The fourth-order valence-corrected chi connectivity index (χ4v) is 1.36. The summed E-state index contributed by atoms with van der Waals surface area (Å²) >= 11 is 8.97. The molecule has 14 heavy (non-hydrogen) atoms. The summed E-state index contributed by atoms with van der Waals surface area (Å²) in [6.07, 6.45) is 2.54. The zero-order valence-corrected chi connectivity index (χ0v) is 10.1. The molecule has 0 atom stereocenters. The summed E-state index contributed by atoms with van der Waals surface area (Å²) < 4.78 is 5.73. The van der Waals surface area contributed by atoms with Crippen LogP contribution in [0.3, 0.4) is 0 Å². The molecule has 0 spiro atoms. The van der Waals surface area contributed by atoms with Crippen LogP contribution >= 0.6 is 27.5 Å². The van der Waals surface area contributed by atoms with Gasteiger partial charge < -0.3 is 10.1 Å². The highest BCUT2D eigenvalue weighted by molar-refractivity contribution is 9.10. The molecule has 0 aromatic carbocycles. The average Bonchev–Trinajstić information content (AvgIpc) is 2.18. The predicted octanol–water partition coefficient (Wildman–Crippen LogP) is 2.34. The molecule has 0 aliphatic carbocycles. The van der Waals surface area contributed by atoms with Crippen LogP contribution in [-0.2, 0) is 4.74 Å². The van der Waals surface area contributed by atoms with E-state index in [-0.39, 0.29) is 5.28 Å². The molecule has 0 unspecified atom stereocenters. The van der Waals surface area contributed by atoms with Gasteiger partial charge >= 0.3 is 0 Å². The van der Waals surface area contributed by atoms with E-state index in [1.54, 1.807) is 13.3 Å². The van der Waals surface area contributed by atoms with Gasteiger partial charge in [0.15, 0.2) is 0 Å². The fourth-order valence-electron chi connectivity index (χ4n) is 0.893. The van der Waals surface area contributed by atoms with Crippen molar-refractivity contribution in [2.24, 2.45) is 0 Å². The van der Waals surface area contributed by atoms with E-state index >= 15 is 0 Å². The number of halogens is 2. The first kappa shape index (κ1) is 11.7. The van der Waals surface area contributed by atoms with E-state index in [0.29, 0.717) is 5.82 Å². The molecule has 1 aromatic rings. The lowest BCUT2D eigenvalue weighted by atomic mass is 10.4. The van der Waals surface area contributed by atoms with Crippen LogP contribution in [0, 0.1) is 0 Å². The normalized spacial score (nSPS) is 10.2. The van der Waals surface area contributed by atoms with Gasteiger partial charge in [0.05, 0.1) is 4.47 Å². The molecule has 6 heteroatoms. The van der Waals surface area contributed by atoms with Gasteiger partial charge in [-0.05, 0) is 34.0 Å². The molecule has 0 amide bonds. The van der Waals surface area contributed by atoms with Crippen LogP contribution in [0.25, 0.3) is 0 Å². The molecule has 0 saturated carbocycles. The van der Waals surface area contributed by atoms with Crippen LogP contribution < -0.4 is 5.32 Å². The summed E-state index contributed by atoms with van der Waals surface area (Å²) in [6.45, 7) is 1.52. The Kier molecular flexibility index (Phi) is 5.14. The van der Waals surface area contributed by atoms with E-state index in [9.17, 15) is 0 Å². The Hall–Kier alpha value is -0.390. The van der Waals surface area contributed by atoms with Crippen molar-refractivity contribution in [3.63, 3.8) is 0 Å². The lowest BCUT2D eigenvalue weighted by molar-refractivity contribution is 0.197. The highest BCUT2D eigenvalue weighted by Crippen LogP contribution is 2.19. The molecule has 1 rings (SSSR count). The number of anilines is 1. The third-order valence-corrected chi connectivity index (χ3v) is 2.29. The summed E-state index contributed by atoms with van der Waals surface area (Å²) in [5.74, 6) is 0.709. The summed E-state index contributed by atoms with van der Waals surface area (Å²) in [7, 11) is 1.68. The minimum absolute atomic E-state index is 0.238. The number of methoxy groups -OCH3 is 1. The average molecular weight is 281 g/mol. The highest BCUT2D eigenvalue weighted by atomic mass is 79.9. The third-order valence-electron chi connectivity index (χ3n) is 1.53. The van der Waals surface area contributed by atoms with Crippen molar-refractivity contribution < 1.29 is 4.74 Å². The Morgan fingerprint density at radius 2 is 2.43 bits per heavy atom. The van der Waals surface area contributed by atoms with Crippen molar-refractivity contribution >= 4 is 33.3 Å². The van der Waals surface area contributed by atoms with Crippen LogP contribution in [0.1, 0.15) is 6.42 Å². The van der Waals surface area contributed by atoms with Gasteiger partial charge in [0.2, 0.25) is 5.28 Å². The molecule has 0 saturated heterocycles. The van der Waals surface area contributed by atoms with Gasteiger partial charge in [0, 0.05) is 26.5 Å². The zero-order chi connectivity index (χ0) is 10.4. The second kappa shape index (κ2) is 6.16. The van der Waals surface area contributed by atoms with Gasteiger partial charge in [-0.3, -0.25) is 0 Å². The van der Waals surface area contributed by atoms with E-state index in [1.165, 1.54) is 0 Å². The van der Waals surface area contributed by atoms with E-state index < -0.39 is 0 Å². The number of hydrogen-bond acceptors (Lipinski definition) is 4. The summed E-state index contributed by atoms with van der Waals surface area (Å²) in [4.78, 5) is 7.85. The Morgan fingerprint density at radius 3 is 3.14 bits per heavy atom. The Balaban J connectivity index is 2.45. The van der Waals surface area contributed by atoms with E-state index in [4.69, 9.17) is 16.3 Å². The van der Waals surface area contributed by atoms with Crippen molar-refractivity contribution in [1.29, 1.82) is 0 Å². The highest BCUT2D eigenvalue weighted by Gasteiger charge is 2.02. The second-order valence-corrected chi connectivity index (χ2v) is 3.80. The van der Waals surface area contributed by atoms with Gasteiger partial charge in [-0.25, -0.2) is 4.98 Å². The van der Waals surface area contributed by atoms with E-state index in [2.05, 4.69) is 31.2 Å². The fraction of sp³-hybridized carbons (Fsp3) is 0.500. The first-order chi connectivity index (χ1) is 6.74. The Bertz CT molecular complexity index is 298. The van der Waals surface area contributed by atoms with Crippen molar-refractivity contribution in [2.75, 3.05) is 25.6 Å². The van der Waals surface area contributed by atoms with E-state index in [1.807, 2.05) is 0 Å². The number of rotatable bonds is 5. The Morgan fingerprint density at radius 1 is 1.64 bits per heavy atom. The van der Waals surface area contributed by atoms with E-state index in [0.717, 1.165) is 24.0 Å². The SMILES string of the molecule is COCCCNc1nc(Cl)ncc1Br. The van der Waals surface area contributed by atoms with Crippen molar-refractivity contribution in [3.8, 4) is 0 Å². The number of hydrogen-bond donors (Lipinski definition) is 1. The summed E-state index contributed by atoms with van der Waals surface area (Å²) in [5, 5.41) is 3.36. The molecule has 4 nitrogen and oxygen atoms in total. The first-order valence-corrected chi connectivity index (χ1v) is 5.32. The quantitative estimate of drug-likeness (QED) is 0.664. The van der Waals surface area contributed by atoms with Crippen LogP contribution in [0.2, 0.25) is 5.28 Å². The van der Waals surface area contributed by atoms with Gasteiger partial charge in [-0.2, -0.15) is 4.98 Å². The van der Waals surface area contributed by atoms with Crippen LogP contribution in [0.4, 0.5) is 5.82 Å². The molecule has 0 radical (unpaired) electrons. The van der Waals surface area contributed by atoms with Crippen molar-refractivity contribution in [3.05, 3.63) is 16.0 Å². The first-order valence-electron chi connectivity index (χ1n) is 4.15. The lowest BCUT2D eigenvalue weighted by Gasteiger charge is -2.06. The maximum absolute atomic E-state index is 5.65. The number of nitrogens with zero attached hydrogens (tertiary/aromatic N) is 2. The topological polar surface area (TPSA) is 47.0 Å². The predicted molar refractivity (Wildman–Crippen MR) is 59.7 cm³/mol. The number of ether oxygens (including phenoxy) is 1. The lowest BCUT2D eigenvalue weighted by Crippen LogP contribution is -2.07. The molecular weight excluding hydrogens is 269 g/mol. The standard InChI is InChI=1S/C8H11BrClN3O/c1-14-4-2-3-11-7-6(9)5-12-8(10)13-7/h5H,2-4H2,1H3,(H,11,12,13). The molecule has 0 fully saturated rings. The van der Waals surface area contributed by atoms with Crippen molar-refractivity contribution in [2.45, 2.75) is 6.42 Å². The maximum Gasteiger partial charge on any atom is 0.224 e. The minimum atomic E-state index is 0.238. The molecule has 1 aromatic heterocycles. The smallest absolute Gasteiger partial charge is 0.224 e. The molecule has 0 aliphatic rings. The monoisotopic (exact) mass is 279 g/mol. The Labute approximate surface area is 96.2 Å². The van der Waals surface area contributed by atoms with Gasteiger partial charge in [0.25, 0.3) is 0 Å². The zero-order valence-electron chi connectivity index (χ0n) is 7.76. The molecule has 1 heterocycles. The molecular formula is C8H11BrClN3O. The summed E-state index contributed by atoms with van der Waals surface area (Å²) in [5.41, 5.74) is 0. The largest absolute Gasteiger partial charge is 0.385 e. The number of aromatic nitrogens is 2. The van der Waals surface area contributed by atoms with Crippen LogP contribution in [0.15, 0.2) is 10.7 Å². The second-order valence-electron chi connectivity index (χ2n) is 2.61. The number of nitrogens with one attached hydrogen (secondary N) is 1. The molecule has 78 valence electrons. The van der Waals surface area contributed by atoms with Crippen LogP contribution in [-0.4, -0.2) is 30.2 Å². The van der Waals surface area contributed by atoms with Crippen LogP contribution in [0.5, 0.6) is 0 Å². The van der Waals surface area contributed by atoms with Gasteiger partial charge in [-0.1, -0.05) is 0 Å². The maximum atomic E-state index is 5.65. The van der Waals surface area contributed by atoms with Crippen molar-refractivity contribution in [1.82, 2.24) is 9.97 Å². The third kappa shape index (κ3) is 3.77.